The molecule has 0 atom stereocenters. The summed E-state index contributed by atoms with van der Waals surface area (Å²) in [4.78, 5) is 25.9. The molecule has 0 bridgehead atoms. The van der Waals surface area contributed by atoms with Crippen molar-refractivity contribution in [2.75, 3.05) is 7.05 Å². The van der Waals surface area contributed by atoms with Gasteiger partial charge in [0.15, 0.2) is 0 Å². The quantitative estimate of drug-likeness (QED) is 0.537. The summed E-state index contributed by atoms with van der Waals surface area (Å²) in [5.41, 5.74) is 1.05. The van der Waals surface area contributed by atoms with Crippen LogP contribution < -0.4 is 5.56 Å². The molecule has 4 rings (SSSR count). The second-order valence-corrected chi connectivity index (χ2v) is 8.27. The normalized spacial score (nSPS) is 11.8. The van der Waals surface area contributed by atoms with Gasteiger partial charge in [0.05, 0.1) is 28.8 Å². The predicted molar refractivity (Wildman–Crippen MR) is 104 cm³/mol. The molecule has 0 radical (unpaired) electrons. The molecule has 5 nitrogen and oxygen atoms in total. The molecule has 7 heteroatoms. The fraction of sp³-hybridized carbons (Fsp3) is 0.278. The number of aromatic nitrogens is 3. The van der Waals surface area contributed by atoms with Gasteiger partial charge in [0, 0.05) is 4.88 Å². The zero-order valence-electron chi connectivity index (χ0n) is 14.1. The van der Waals surface area contributed by atoms with Gasteiger partial charge >= 0.3 is 0 Å². The lowest BCUT2D eigenvalue weighted by Gasteiger charge is -2.16. The fourth-order valence-electron chi connectivity index (χ4n) is 2.81. The van der Waals surface area contributed by atoms with Crippen LogP contribution in [0.5, 0.6) is 0 Å². The van der Waals surface area contributed by atoms with Crippen LogP contribution in [-0.2, 0) is 19.6 Å². The van der Waals surface area contributed by atoms with E-state index in [1.165, 1.54) is 9.58 Å². The maximum Gasteiger partial charge on any atom is 0.263 e. The van der Waals surface area contributed by atoms with Crippen molar-refractivity contribution in [3.8, 4) is 0 Å². The molecule has 0 spiro atoms. The van der Waals surface area contributed by atoms with Crippen LogP contribution in [0.1, 0.15) is 16.8 Å². The molecule has 0 aliphatic heterocycles. The van der Waals surface area contributed by atoms with E-state index in [0.29, 0.717) is 13.2 Å². The lowest BCUT2D eigenvalue weighted by molar-refractivity contribution is 0.255. The summed E-state index contributed by atoms with van der Waals surface area (Å²) in [6.07, 6.45) is 2.58. The molecule has 3 aromatic heterocycles. The zero-order valence-corrected chi connectivity index (χ0v) is 15.7. The Morgan fingerprint density at radius 1 is 1.24 bits per heavy atom. The molecular formula is C18H18N4OS2. The lowest BCUT2D eigenvalue weighted by atomic mass is 10.3. The van der Waals surface area contributed by atoms with Gasteiger partial charge in [0.25, 0.3) is 5.56 Å². The minimum absolute atomic E-state index is 0.0251. The van der Waals surface area contributed by atoms with Crippen molar-refractivity contribution < 1.29 is 0 Å². The van der Waals surface area contributed by atoms with Gasteiger partial charge < -0.3 is 0 Å². The first kappa shape index (κ1) is 16.4. The number of fused-ring (bicyclic) bond motifs is 2. The molecule has 128 valence electrons. The summed E-state index contributed by atoms with van der Waals surface area (Å²) in [7, 11) is 1.99. The number of rotatable bonds is 5. The summed E-state index contributed by atoms with van der Waals surface area (Å²) < 4.78 is 2.86. The molecule has 0 saturated carbocycles. The van der Waals surface area contributed by atoms with Gasteiger partial charge in [-0.1, -0.05) is 19.1 Å². The summed E-state index contributed by atoms with van der Waals surface area (Å²) >= 11 is 3.29. The first-order valence-electron chi connectivity index (χ1n) is 8.15. The maximum absolute atomic E-state index is 12.7. The van der Waals surface area contributed by atoms with E-state index in [0.717, 1.165) is 27.2 Å². The Balaban J connectivity index is 1.55. The Labute approximate surface area is 153 Å². The Kier molecular flexibility index (Phi) is 4.37. The highest BCUT2D eigenvalue weighted by Gasteiger charge is 2.11. The number of hydrogen-bond acceptors (Lipinski definition) is 6. The number of hydrogen-bond donors (Lipinski definition) is 0. The van der Waals surface area contributed by atoms with E-state index in [1.807, 2.05) is 31.3 Å². The largest absolute Gasteiger partial charge is 0.285 e. The van der Waals surface area contributed by atoms with Crippen molar-refractivity contribution in [3.63, 3.8) is 0 Å². The fourth-order valence-corrected chi connectivity index (χ4v) is 4.79. The molecule has 0 fully saturated rings. The molecule has 3 heterocycles. The average molecular weight is 371 g/mol. The maximum atomic E-state index is 12.7. The predicted octanol–water partition coefficient (Wildman–Crippen LogP) is 3.72. The summed E-state index contributed by atoms with van der Waals surface area (Å²) in [5, 5.41) is 1.77. The molecule has 0 aliphatic carbocycles. The number of benzene rings is 1. The molecule has 25 heavy (non-hydrogen) atoms. The zero-order chi connectivity index (χ0) is 17.4. The van der Waals surface area contributed by atoms with Crippen LogP contribution in [0.3, 0.4) is 0 Å². The van der Waals surface area contributed by atoms with Crippen LogP contribution in [-0.4, -0.2) is 26.5 Å². The van der Waals surface area contributed by atoms with E-state index < -0.39 is 0 Å². The topological polar surface area (TPSA) is 51.0 Å². The van der Waals surface area contributed by atoms with Crippen LogP contribution in [0.15, 0.2) is 41.5 Å². The number of para-hydroxylation sites is 1. The van der Waals surface area contributed by atoms with Crippen LogP contribution in [0.2, 0.25) is 0 Å². The van der Waals surface area contributed by atoms with E-state index in [1.54, 1.807) is 33.6 Å². The Bertz CT molecular complexity index is 1060. The van der Waals surface area contributed by atoms with E-state index in [4.69, 9.17) is 0 Å². The standard InChI is InChI=1S/C18H18N4OS2/c1-3-12-8-13-17(24-12)19-10-22(18(13)23)11-21(2)9-16-20-14-6-4-5-7-15(14)25-16/h4-8,10H,3,9,11H2,1-2H3. The molecule has 1 aromatic carbocycles. The van der Waals surface area contributed by atoms with Gasteiger partial charge in [0.2, 0.25) is 0 Å². The summed E-state index contributed by atoms with van der Waals surface area (Å²) in [5.74, 6) is 0. The van der Waals surface area contributed by atoms with Crippen LogP contribution in [0.4, 0.5) is 0 Å². The summed E-state index contributed by atoms with van der Waals surface area (Å²) in [6.45, 7) is 3.29. The van der Waals surface area contributed by atoms with Crippen molar-refractivity contribution in [2.24, 2.45) is 0 Å². The molecule has 0 unspecified atom stereocenters. The lowest BCUT2D eigenvalue weighted by Crippen LogP contribution is -2.29. The van der Waals surface area contributed by atoms with Crippen molar-refractivity contribution in [3.05, 3.63) is 56.9 Å². The molecular weight excluding hydrogens is 352 g/mol. The van der Waals surface area contributed by atoms with Gasteiger partial charge in [0.1, 0.15) is 16.2 Å². The molecule has 0 amide bonds. The van der Waals surface area contributed by atoms with Crippen molar-refractivity contribution in [1.29, 1.82) is 0 Å². The van der Waals surface area contributed by atoms with Gasteiger partial charge in [-0.25, -0.2) is 9.97 Å². The van der Waals surface area contributed by atoms with Crippen LogP contribution in [0.25, 0.3) is 20.4 Å². The first-order chi connectivity index (χ1) is 12.1. The highest BCUT2D eigenvalue weighted by atomic mass is 32.1. The highest BCUT2D eigenvalue weighted by Crippen LogP contribution is 2.23. The van der Waals surface area contributed by atoms with Crippen LogP contribution >= 0.6 is 22.7 Å². The third-order valence-corrected chi connectivity index (χ3v) is 6.26. The Hall–Kier alpha value is -2.09. The third kappa shape index (κ3) is 3.22. The monoisotopic (exact) mass is 370 g/mol. The van der Waals surface area contributed by atoms with E-state index in [2.05, 4.69) is 27.9 Å². The minimum Gasteiger partial charge on any atom is -0.285 e. The van der Waals surface area contributed by atoms with Gasteiger partial charge in [-0.3, -0.25) is 14.3 Å². The van der Waals surface area contributed by atoms with Crippen molar-refractivity contribution >= 4 is 43.1 Å². The number of aryl methyl sites for hydroxylation is 1. The average Bonchev–Trinajstić information content (AvgIpc) is 3.20. The third-order valence-electron chi connectivity index (χ3n) is 4.05. The molecule has 0 aliphatic rings. The van der Waals surface area contributed by atoms with Gasteiger partial charge in [-0.15, -0.1) is 22.7 Å². The minimum atomic E-state index is 0.0251. The smallest absolute Gasteiger partial charge is 0.263 e. The molecule has 4 aromatic rings. The Morgan fingerprint density at radius 3 is 2.88 bits per heavy atom. The highest BCUT2D eigenvalue weighted by molar-refractivity contribution is 7.18. The molecule has 0 N–H and O–H groups in total. The van der Waals surface area contributed by atoms with E-state index in [-0.39, 0.29) is 5.56 Å². The van der Waals surface area contributed by atoms with Crippen molar-refractivity contribution in [2.45, 2.75) is 26.6 Å². The SMILES string of the molecule is CCc1cc2c(=O)n(CN(C)Cc3nc4ccccc4s3)cnc2s1. The number of thiophene rings is 1. The van der Waals surface area contributed by atoms with Gasteiger partial charge in [-0.2, -0.15) is 0 Å². The molecule has 0 saturated heterocycles. The Morgan fingerprint density at radius 2 is 2.08 bits per heavy atom. The van der Waals surface area contributed by atoms with E-state index >= 15 is 0 Å². The first-order valence-corrected chi connectivity index (χ1v) is 9.78. The van der Waals surface area contributed by atoms with E-state index in [9.17, 15) is 4.79 Å². The number of nitrogens with zero attached hydrogens (tertiary/aromatic N) is 4. The van der Waals surface area contributed by atoms with Crippen molar-refractivity contribution in [1.82, 2.24) is 19.4 Å². The summed E-state index contributed by atoms with van der Waals surface area (Å²) in [6, 6.07) is 10.1. The second-order valence-electron chi connectivity index (χ2n) is 6.04. The van der Waals surface area contributed by atoms with Gasteiger partial charge in [-0.05, 0) is 31.7 Å². The second kappa shape index (κ2) is 6.67. The number of thiazole rings is 1. The van der Waals surface area contributed by atoms with Crippen LogP contribution in [0, 0.1) is 0 Å².